The Balaban J connectivity index is 1.78. The molecule has 2 N–H and O–H groups in total. The van der Waals surface area contributed by atoms with Gasteiger partial charge in [-0.3, -0.25) is 19.7 Å². The van der Waals surface area contributed by atoms with Gasteiger partial charge in [-0.05, 0) is 35.9 Å². The van der Waals surface area contributed by atoms with Crippen LogP contribution in [0.3, 0.4) is 0 Å². The van der Waals surface area contributed by atoms with Gasteiger partial charge < -0.3 is 9.72 Å². The summed E-state index contributed by atoms with van der Waals surface area (Å²) in [5.74, 6) is -0.292. The molecule has 27 heavy (non-hydrogen) atoms. The molecule has 0 saturated carbocycles. The van der Waals surface area contributed by atoms with Crippen molar-refractivity contribution in [1.29, 1.82) is 0 Å². The van der Waals surface area contributed by atoms with Crippen molar-refractivity contribution in [1.82, 2.24) is 15.4 Å². The number of non-ortho nitro benzene ring substituents is 1. The number of rotatable bonds is 5. The van der Waals surface area contributed by atoms with Crippen molar-refractivity contribution in [3.8, 4) is 5.75 Å². The molecule has 0 saturated heterocycles. The van der Waals surface area contributed by atoms with E-state index in [0.29, 0.717) is 5.75 Å². The first-order chi connectivity index (χ1) is 13.0. The van der Waals surface area contributed by atoms with Gasteiger partial charge in [0, 0.05) is 12.1 Å². The average molecular weight is 367 g/mol. The monoisotopic (exact) mass is 367 g/mol. The number of hydrogen-bond acceptors (Lipinski definition) is 7. The van der Waals surface area contributed by atoms with Gasteiger partial charge in [0.25, 0.3) is 11.2 Å². The molecule has 1 aromatic heterocycles. The van der Waals surface area contributed by atoms with Gasteiger partial charge in [-0.2, -0.15) is 5.10 Å². The number of fused-ring (bicyclic) bond motifs is 1. The minimum Gasteiger partial charge on any atom is -0.497 e. The molecule has 0 fully saturated rings. The molecule has 1 heterocycles. The summed E-state index contributed by atoms with van der Waals surface area (Å²) in [5, 5.41) is 14.6. The van der Waals surface area contributed by atoms with Crippen LogP contribution in [0.5, 0.6) is 5.75 Å². The standard InChI is InChI=1S/C17H13N5O5/c1-27-12-5-2-10(3-6-12)9-18-21-17(24)15-19-14-7-4-11(22(25)26)8-13(14)16(23)20-15/h2-9H,1H3,(H,21,24)(H,19,20,23). The molecule has 1 amide bonds. The molecule has 0 aliphatic rings. The fourth-order valence-electron chi connectivity index (χ4n) is 2.26. The third-order valence-corrected chi connectivity index (χ3v) is 3.61. The van der Waals surface area contributed by atoms with Crippen molar-refractivity contribution in [3.63, 3.8) is 0 Å². The van der Waals surface area contributed by atoms with Crippen LogP contribution < -0.4 is 15.7 Å². The van der Waals surface area contributed by atoms with E-state index in [4.69, 9.17) is 4.74 Å². The predicted molar refractivity (Wildman–Crippen MR) is 97.1 cm³/mol. The number of hydrazone groups is 1. The summed E-state index contributed by atoms with van der Waals surface area (Å²) < 4.78 is 5.04. The highest BCUT2D eigenvalue weighted by atomic mass is 16.6. The molecule has 10 nitrogen and oxygen atoms in total. The lowest BCUT2D eigenvalue weighted by molar-refractivity contribution is -0.384. The predicted octanol–water partition coefficient (Wildman–Crippen LogP) is 1.60. The van der Waals surface area contributed by atoms with E-state index in [9.17, 15) is 19.7 Å². The number of aromatic nitrogens is 2. The van der Waals surface area contributed by atoms with Crippen molar-refractivity contribution in [2.75, 3.05) is 7.11 Å². The Morgan fingerprint density at radius 1 is 1.30 bits per heavy atom. The molecule has 0 radical (unpaired) electrons. The van der Waals surface area contributed by atoms with Crippen molar-refractivity contribution >= 4 is 28.7 Å². The summed E-state index contributed by atoms with van der Waals surface area (Å²) in [6.45, 7) is 0. The molecule has 0 aliphatic carbocycles. The molecule has 10 heteroatoms. The summed E-state index contributed by atoms with van der Waals surface area (Å²) >= 11 is 0. The fourth-order valence-corrected chi connectivity index (χ4v) is 2.26. The van der Waals surface area contributed by atoms with Crippen LogP contribution in [-0.2, 0) is 0 Å². The molecular weight excluding hydrogens is 354 g/mol. The maximum atomic E-state index is 12.1. The van der Waals surface area contributed by atoms with Crippen LogP contribution in [0.1, 0.15) is 16.2 Å². The van der Waals surface area contributed by atoms with E-state index in [-0.39, 0.29) is 22.4 Å². The van der Waals surface area contributed by atoms with Gasteiger partial charge in [0.15, 0.2) is 0 Å². The Kier molecular flexibility index (Phi) is 4.88. The van der Waals surface area contributed by atoms with E-state index < -0.39 is 16.4 Å². The van der Waals surface area contributed by atoms with Crippen LogP contribution in [0.15, 0.2) is 52.4 Å². The number of aromatic amines is 1. The first-order valence-electron chi connectivity index (χ1n) is 7.64. The van der Waals surface area contributed by atoms with Gasteiger partial charge in [-0.1, -0.05) is 0 Å². The lowest BCUT2D eigenvalue weighted by Crippen LogP contribution is -2.24. The molecule has 0 unspecified atom stereocenters. The maximum Gasteiger partial charge on any atom is 0.307 e. The number of amides is 1. The van der Waals surface area contributed by atoms with E-state index in [1.807, 2.05) is 0 Å². The SMILES string of the molecule is COc1ccc(C=NNC(=O)c2nc3ccc([N+](=O)[O-])cc3c(=O)[nH]2)cc1. The number of carbonyl (C=O) groups excluding carboxylic acids is 1. The summed E-state index contributed by atoms with van der Waals surface area (Å²) in [6.07, 6.45) is 1.42. The number of nitro benzene ring substituents is 1. The second kappa shape index (κ2) is 7.44. The Labute approximate surface area is 151 Å². The second-order valence-electron chi connectivity index (χ2n) is 5.35. The average Bonchev–Trinajstić information content (AvgIpc) is 2.68. The smallest absolute Gasteiger partial charge is 0.307 e. The molecular formula is C17H13N5O5. The maximum absolute atomic E-state index is 12.1. The van der Waals surface area contributed by atoms with Crippen molar-refractivity contribution in [3.05, 3.63) is 74.3 Å². The van der Waals surface area contributed by atoms with E-state index in [1.54, 1.807) is 31.4 Å². The highest BCUT2D eigenvalue weighted by Gasteiger charge is 2.14. The number of nitro groups is 1. The zero-order valence-electron chi connectivity index (χ0n) is 14.0. The zero-order valence-corrected chi connectivity index (χ0v) is 14.0. The van der Waals surface area contributed by atoms with Crippen LogP contribution in [0, 0.1) is 10.1 Å². The van der Waals surface area contributed by atoms with E-state index in [0.717, 1.165) is 11.6 Å². The van der Waals surface area contributed by atoms with Gasteiger partial charge in [0.05, 0.1) is 29.2 Å². The summed E-state index contributed by atoms with van der Waals surface area (Å²) in [6, 6.07) is 10.6. The largest absolute Gasteiger partial charge is 0.497 e. The topological polar surface area (TPSA) is 140 Å². The molecule has 0 aliphatic heterocycles. The fraction of sp³-hybridized carbons (Fsp3) is 0.0588. The number of methoxy groups -OCH3 is 1. The Bertz CT molecular complexity index is 1100. The van der Waals surface area contributed by atoms with Gasteiger partial charge >= 0.3 is 5.91 Å². The Hall–Kier alpha value is -4.08. The lowest BCUT2D eigenvalue weighted by Gasteiger charge is -2.02. The molecule has 0 bridgehead atoms. The van der Waals surface area contributed by atoms with Gasteiger partial charge in [-0.15, -0.1) is 0 Å². The molecule has 0 atom stereocenters. The van der Waals surface area contributed by atoms with Crippen LogP contribution >= 0.6 is 0 Å². The molecule has 3 rings (SSSR count). The minimum absolute atomic E-state index is 0.0162. The van der Waals surface area contributed by atoms with Crippen molar-refractivity contribution < 1.29 is 14.5 Å². The number of ether oxygens (including phenoxy) is 1. The minimum atomic E-state index is -0.725. The van der Waals surface area contributed by atoms with Crippen LogP contribution in [0.25, 0.3) is 10.9 Å². The lowest BCUT2D eigenvalue weighted by atomic mass is 10.2. The van der Waals surface area contributed by atoms with Gasteiger partial charge in [0.2, 0.25) is 5.82 Å². The molecule has 2 aromatic carbocycles. The first kappa shape index (κ1) is 17.7. The van der Waals surface area contributed by atoms with Crippen LogP contribution in [0.4, 0.5) is 5.69 Å². The van der Waals surface area contributed by atoms with Crippen molar-refractivity contribution in [2.24, 2.45) is 5.10 Å². The molecule has 3 aromatic rings. The Morgan fingerprint density at radius 3 is 2.70 bits per heavy atom. The number of hydrogen-bond donors (Lipinski definition) is 2. The van der Waals surface area contributed by atoms with Gasteiger partial charge in [-0.25, -0.2) is 10.4 Å². The van der Waals surface area contributed by atoms with E-state index in [1.165, 1.54) is 18.3 Å². The van der Waals surface area contributed by atoms with Crippen LogP contribution in [-0.4, -0.2) is 34.1 Å². The first-order valence-corrected chi connectivity index (χ1v) is 7.64. The third-order valence-electron chi connectivity index (χ3n) is 3.61. The number of benzene rings is 2. The Morgan fingerprint density at radius 2 is 2.04 bits per heavy atom. The highest BCUT2D eigenvalue weighted by molar-refractivity contribution is 5.93. The summed E-state index contributed by atoms with van der Waals surface area (Å²) in [7, 11) is 1.55. The molecule has 0 spiro atoms. The van der Waals surface area contributed by atoms with E-state index in [2.05, 4.69) is 20.5 Å². The normalized spacial score (nSPS) is 10.9. The zero-order chi connectivity index (χ0) is 19.4. The van der Waals surface area contributed by atoms with E-state index >= 15 is 0 Å². The highest BCUT2D eigenvalue weighted by Crippen LogP contribution is 2.16. The quantitative estimate of drug-likeness (QED) is 0.399. The summed E-state index contributed by atoms with van der Waals surface area (Å²) in [5.41, 5.74) is 2.24. The summed E-state index contributed by atoms with van der Waals surface area (Å²) in [4.78, 5) is 40.7. The number of carbonyl (C=O) groups is 1. The van der Waals surface area contributed by atoms with Gasteiger partial charge in [0.1, 0.15) is 5.75 Å². The second-order valence-corrected chi connectivity index (χ2v) is 5.35. The number of H-pyrrole nitrogens is 1. The number of nitrogens with one attached hydrogen (secondary N) is 2. The van der Waals surface area contributed by atoms with Crippen LogP contribution in [0.2, 0.25) is 0 Å². The third kappa shape index (κ3) is 3.95. The van der Waals surface area contributed by atoms with Crippen molar-refractivity contribution in [2.45, 2.75) is 0 Å². The molecule has 136 valence electrons. The number of nitrogens with zero attached hydrogens (tertiary/aromatic N) is 3.